The maximum Gasteiger partial charge on any atom is 0.258 e. The van der Waals surface area contributed by atoms with E-state index in [4.69, 9.17) is 14.2 Å². The molecular formula is C35H39ClN4O6. The number of aryl methyl sites for hydroxylation is 1. The van der Waals surface area contributed by atoms with Gasteiger partial charge in [0.05, 0.1) is 51.8 Å². The molecule has 0 aromatic heterocycles. The summed E-state index contributed by atoms with van der Waals surface area (Å²) in [5.41, 5.74) is 3.35. The molecule has 0 fully saturated rings. The minimum absolute atomic E-state index is 0. The van der Waals surface area contributed by atoms with Gasteiger partial charge in [-0.1, -0.05) is 48.5 Å². The van der Waals surface area contributed by atoms with Crippen molar-refractivity contribution in [2.75, 3.05) is 44.7 Å². The summed E-state index contributed by atoms with van der Waals surface area (Å²) in [5.74, 6) is -0.0976. The maximum absolute atomic E-state index is 14.5. The summed E-state index contributed by atoms with van der Waals surface area (Å²) in [6.07, 6.45) is 0. The molecule has 46 heavy (non-hydrogen) atoms. The SMILES string of the molecule is CNC(C)C(=O)NC1CN(C(=O)c2cc(OC)c(OC)c(OC)c2)c2ccccc2N(Cc2c(C)ccc3ccccc23)C1=O.Cl. The number of carbonyl (C=O) groups excluding carboxylic acids is 3. The highest BCUT2D eigenvalue weighted by Crippen LogP contribution is 2.40. The lowest BCUT2D eigenvalue weighted by molar-refractivity contribution is -0.128. The van der Waals surface area contributed by atoms with Crippen molar-refractivity contribution in [3.8, 4) is 17.2 Å². The number of hydrogen-bond acceptors (Lipinski definition) is 7. The quantitative estimate of drug-likeness (QED) is 0.267. The van der Waals surface area contributed by atoms with Crippen molar-refractivity contribution in [1.82, 2.24) is 10.6 Å². The van der Waals surface area contributed by atoms with Gasteiger partial charge in [0.25, 0.3) is 11.8 Å². The van der Waals surface area contributed by atoms with Crippen molar-refractivity contribution in [2.24, 2.45) is 0 Å². The Labute approximate surface area is 275 Å². The van der Waals surface area contributed by atoms with E-state index < -0.39 is 18.0 Å². The summed E-state index contributed by atoms with van der Waals surface area (Å²) in [6.45, 7) is 3.87. The number of hydrogen-bond donors (Lipinski definition) is 2. The predicted molar refractivity (Wildman–Crippen MR) is 182 cm³/mol. The Morgan fingerprint density at radius 1 is 0.913 bits per heavy atom. The fourth-order valence-corrected chi connectivity index (χ4v) is 5.65. The van der Waals surface area contributed by atoms with Crippen LogP contribution in [0.1, 0.15) is 28.4 Å². The topological polar surface area (TPSA) is 109 Å². The van der Waals surface area contributed by atoms with Gasteiger partial charge in [-0.3, -0.25) is 14.4 Å². The van der Waals surface area contributed by atoms with Crippen LogP contribution in [0.15, 0.2) is 72.8 Å². The number of benzene rings is 4. The zero-order valence-corrected chi connectivity index (χ0v) is 27.6. The van der Waals surface area contributed by atoms with Crippen LogP contribution in [0, 0.1) is 6.92 Å². The summed E-state index contributed by atoms with van der Waals surface area (Å²) in [4.78, 5) is 45.2. The molecule has 2 unspecified atom stereocenters. The second-order valence-corrected chi connectivity index (χ2v) is 10.9. The molecule has 0 saturated heterocycles. The molecule has 3 amide bonds. The van der Waals surface area contributed by atoms with Gasteiger partial charge in [-0.05, 0) is 67.1 Å². The largest absolute Gasteiger partial charge is 0.493 e. The fraction of sp³-hybridized carbons (Fsp3) is 0.286. The van der Waals surface area contributed by atoms with Crippen LogP contribution in [-0.2, 0) is 16.1 Å². The van der Waals surface area contributed by atoms with Gasteiger partial charge in [-0.2, -0.15) is 0 Å². The number of fused-ring (bicyclic) bond motifs is 2. The van der Waals surface area contributed by atoms with Crippen LogP contribution in [0.5, 0.6) is 17.2 Å². The standard InChI is InChI=1S/C35H38N4O6.ClH/c1-21-15-16-23-11-7-8-12-25(23)26(21)19-38-28-13-9-10-14-29(28)39(20-27(35(38)42)37-33(40)22(2)36-3)34(41)24-17-30(43-4)32(45-6)31(18-24)44-5;/h7-18,22,27,36H,19-20H2,1-6H3,(H,37,40);1H. The Morgan fingerprint density at radius 3 is 2.17 bits per heavy atom. The third-order valence-electron chi connectivity index (χ3n) is 8.28. The molecule has 242 valence electrons. The molecule has 1 heterocycles. The molecule has 11 heteroatoms. The summed E-state index contributed by atoms with van der Waals surface area (Å²) >= 11 is 0. The van der Waals surface area contributed by atoms with Crippen molar-refractivity contribution in [1.29, 1.82) is 0 Å². The average Bonchev–Trinajstić information content (AvgIpc) is 3.18. The monoisotopic (exact) mass is 646 g/mol. The molecule has 1 aliphatic heterocycles. The highest BCUT2D eigenvalue weighted by atomic mass is 35.5. The Kier molecular flexibility index (Phi) is 10.8. The molecule has 4 aromatic rings. The molecule has 10 nitrogen and oxygen atoms in total. The lowest BCUT2D eigenvalue weighted by Crippen LogP contribution is -2.55. The second-order valence-electron chi connectivity index (χ2n) is 10.9. The normalized spacial score (nSPS) is 14.9. The molecular weight excluding hydrogens is 608 g/mol. The average molecular weight is 647 g/mol. The van der Waals surface area contributed by atoms with Crippen molar-refractivity contribution in [3.63, 3.8) is 0 Å². The number of anilines is 2. The number of ether oxygens (including phenoxy) is 3. The Bertz CT molecular complexity index is 1740. The molecule has 2 atom stereocenters. The van der Waals surface area contributed by atoms with E-state index in [1.165, 1.54) is 26.2 Å². The summed E-state index contributed by atoms with van der Waals surface area (Å²) in [6, 6.07) is 21.0. The lowest BCUT2D eigenvalue weighted by Gasteiger charge is -2.27. The third kappa shape index (κ3) is 6.45. The van der Waals surface area contributed by atoms with Gasteiger partial charge in [0, 0.05) is 5.56 Å². The van der Waals surface area contributed by atoms with E-state index in [1.807, 2.05) is 61.5 Å². The van der Waals surface area contributed by atoms with Crippen LogP contribution in [0.25, 0.3) is 10.8 Å². The number of carbonyl (C=O) groups is 3. The highest BCUT2D eigenvalue weighted by Gasteiger charge is 2.38. The molecule has 0 spiro atoms. The van der Waals surface area contributed by atoms with Crippen LogP contribution in [0.2, 0.25) is 0 Å². The van der Waals surface area contributed by atoms with E-state index in [-0.39, 0.29) is 42.9 Å². The van der Waals surface area contributed by atoms with Gasteiger partial charge in [-0.15, -0.1) is 12.4 Å². The number of amides is 3. The van der Waals surface area contributed by atoms with E-state index in [2.05, 4.69) is 16.7 Å². The predicted octanol–water partition coefficient (Wildman–Crippen LogP) is 4.88. The van der Waals surface area contributed by atoms with E-state index in [0.717, 1.165) is 21.9 Å². The molecule has 4 aromatic carbocycles. The first-order chi connectivity index (χ1) is 21.7. The number of rotatable bonds is 9. The molecule has 5 rings (SSSR count). The van der Waals surface area contributed by atoms with Crippen LogP contribution in [0.3, 0.4) is 0 Å². The third-order valence-corrected chi connectivity index (χ3v) is 8.28. The smallest absolute Gasteiger partial charge is 0.258 e. The van der Waals surface area contributed by atoms with Gasteiger partial charge in [0.2, 0.25) is 11.7 Å². The van der Waals surface area contributed by atoms with Gasteiger partial charge in [0.1, 0.15) is 6.04 Å². The molecule has 0 saturated carbocycles. The Hall–Kier alpha value is -4.80. The van der Waals surface area contributed by atoms with Crippen molar-refractivity contribution >= 4 is 52.3 Å². The fourth-order valence-electron chi connectivity index (χ4n) is 5.65. The number of nitrogens with zero attached hydrogens (tertiary/aromatic N) is 2. The highest BCUT2D eigenvalue weighted by molar-refractivity contribution is 6.13. The minimum atomic E-state index is -1.04. The first-order valence-electron chi connectivity index (χ1n) is 14.7. The minimum Gasteiger partial charge on any atom is -0.493 e. The first kappa shape index (κ1) is 34.1. The number of halogens is 1. The summed E-state index contributed by atoms with van der Waals surface area (Å²) in [7, 11) is 6.12. The number of likely N-dealkylation sites (N-methyl/N-ethyl adjacent to an activating group) is 1. The van der Waals surface area contributed by atoms with Crippen LogP contribution < -0.4 is 34.6 Å². The molecule has 0 aliphatic carbocycles. The zero-order chi connectivity index (χ0) is 32.2. The van der Waals surface area contributed by atoms with Crippen LogP contribution >= 0.6 is 12.4 Å². The lowest BCUT2D eigenvalue weighted by atomic mass is 9.99. The molecule has 2 N–H and O–H groups in total. The zero-order valence-electron chi connectivity index (χ0n) is 26.7. The number of para-hydroxylation sites is 2. The number of nitrogens with one attached hydrogen (secondary N) is 2. The second kappa shape index (κ2) is 14.5. The summed E-state index contributed by atoms with van der Waals surface area (Å²) < 4.78 is 16.5. The molecule has 1 aliphatic rings. The van der Waals surface area contributed by atoms with Gasteiger partial charge in [-0.25, -0.2) is 0 Å². The van der Waals surface area contributed by atoms with Crippen LogP contribution in [0.4, 0.5) is 11.4 Å². The summed E-state index contributed by atoms with van der Waals surface area (Å²) in [5, 5.41) is 7.91. The molecule has 0 radical (unpaired) electrons. The van der Waals surface area contributed by atoms with Gasteiger partial charge >= 0.3 is 0 Å². The van der Waals surface area contributed by atoms with Crippen molar-refractivity contribution < 1.29 is 28.6 Å². The number of methoxy groups -OCH3 is 3. The maximum atomic E-state index is 14.5. The Morgan fingerprint density at radius 2 is 1.54 bits per heavy atom. The van der Waals surface area contributed by atoms with E-state index in [0.29, 0.717) is 28.6 Å². The molecule has 0 bridgehead atoms. The first-order valence-corrected chi connectivity index (χ1v) is 14.7. The van der Waals surface area contributed by atoms with Crippen LogP contribution in [-0.4, -0.2) is 64.7 Å². The van der Waals surface area contributed by atoms with E-state index in [9.17, 15) is 14.4 Å². The van der Waals surface area contributed by atoms with Gasteiger partial charge < -0.3 is 34.6 Å². The Balaban J connectivity index is 0.00000480. The van der Waals surface area contributed by atoms with Crippen molar-refractivity contribution in [2.45, 2.75) is 32.5 Å². The van der Waals surface area contributed by atoms with E-state index in [1.54, 1.807) is 31.0 Å². The van der Waals surface area contributed by atoms with Crippen molar-refractivity contribution in [3.05, 3.63) is 89.5 Å². The van der Waals surface area contributed by atoms with E-state index >= 15 is 0 Å². The van der Waals surface area contributed by atoms with Gasteiger partial charge in [0.15, 0.2) is 11.5 Å².